The summed E-state index contributed by atoms with van der Waals surface area (Å²) in [5.74, 6) is 0. The lowest BCUT2D eigenvalue weighted by Gasteiger charge is -2.42. The molecule has 4 nitrogen and oxygen atoms in total. The van der Waals surface area contributed by atoms with Crippen LogP contribution in [0.1, 0.15) is 30.5 Å². The molecule has 44 heavy (non-hydrogen) atoms. The van der Waals surface area contributed by atoms with Crippen molar-refractivity contribution in [1.82, 2.24) is 9.55 Å². The van der Waals surface area contributed by atoms with Crippen LogP contribution in [0.4, 0.5) is 17.1 Å². The molecule has 1 aliphatic rings. The highest BCUT2D eigenvalue weighted by Crippen LogP contribution is 2.52. The molecular weight excluding hydrogens is 557 g/mol. The zero-order valence-corrected chi connectivity index (χ0v) is 25.1. The SMILES string of the molecule is CC1(C)c2ccccc2N(c2ccc3sc4ccc(-n5c6ccncc6c6cc(C#N)ccc65)cc4c3c2)c2ccccc21. The van der Waals surface area contributed by atoms with E-state index in [-0.39, 0.29) is 5.41 Å². The van der Waals surface area contributed by atoms with Crippen LogP contribution in [0.3, 0.4) is 0 Å². The Hall–Kier alpha value is -5.44. The number of para-hydroxylation sites is 2. The van der Waals surface area contributed by atoms with Crippen LogP contribution >= 0.6 is 11.3 Å². The van der Waals surface area contributed by atoms with Gasteiger partial charge < -0.3 is 9.47 Å². The van der Waals surface area contributed by atoms with Crippen LogP contribution in [-0.2, 0) is 5.41 Å². The summed E-state index contributed by atoms with van der Waals surface area (Å²) in [5.41, 5.74) is 10.1. The van der Waals surface area contributed by atoms with Crippen LogP contribution in [0.2, 0.25) is 0 Å². The van der Waals surface area contributed by atoms with E-state index >= 15 is 0 Å². The topological polar surface area (TPSA) is 44.9 Å². The predicted molar refractivity (Wildman–Crippen MR) is 183 cm³/mol. The molecule has 5 aromatic carbocycles. The molecule has 4 heterocycles. The lowest BCUT2D eigenvalue weighted by atomic mass is 9.73. The van der Waals surface area contributed by atoms with Crippen molar-refractivity contribution in [2.45, 2.75) is 19.3 Å². The largest absolute Gasteiger partial charge is 0.310 e. The molecule has 0 amide bonds. The third kappa shape index (κ3) is 3.40. The second-order valence-corrected chi connectivity index (χ2v) is 13.1. The van der Waals surface area contributed by atoms with Crippen molar-refractivity contribution in [3.8, 4) is 11.8 Å². The Bertz CT molecular complexity index is 2460. The molecule has 1 aliphatic heterocycles. The van der Waals surface area contributed by atoms with Gasteiger partial charge in [0.15, 0.2) is 0 Å². The standard InChI is InChI=1S/C39H26N4S/c1-39(2)31-7-3-5-9-35(31)43(36-10-6-4-8-32(36)39)26-13-16-38-29(21-26)28-20-25(12-15-37(28)44-38)42-33-14-11-24(22-40)19-27(33)30-23-41-18-17-34(30)42/h3-21,23H,1-2H3. The summed E-state index contributed by atoms with van der Waals surface area (Å²) in [4.78, 5) is 6.83. The van der Waals surface area contributed by atoms with Crippen LogP contribution in [0.5, 0.6) is 0 Å². The molecule has 0 spiro atoms. The van der Waals surface area contributed by atoms with Crippen molar-refractivity contribution < 1.29 is 0 Å². The van der Waals surface area contributed by atoms with Crippen molar-refractivity contribution in [2.75, 3.05) is 4.90 Å². The van der Waals surface area contributed by atoms with Gasteiger partial charge in [-0.15, -0.1) is 11.3 Å². The Morgan fingerprint density at radius 1 is 0.659 bits per heavy atom. The van der Waals surface area contributed by atoms with Gasteiger partial charge in [-0.2, -0.15) is 5.26 Å². The summed E-state index contributed by atoms with van der Waals surface area (Å²) < 4.78 is 4.82. The molecule has 0 saturated heterocycles. The van der Waals surface area contributed by atoms with Crippen molar-refractivity contribution >= 4 is 70.4 Å². The molecule has 5 heteroatoms. The van der Waals surface area contributed by atoms with Crippen LogP contribution in [0, 0.1) is 11.3 Å². The van der Waals surface area contributed by atoms with Crippen molar-refractivity contribution in [1.29, 1.82) is 5.26 Å². The molecular formula is C39H26N4S. The maximum atomic E-state index is 9.56. The summed E-state index contributed by atoms with van der Waals surface area (Å²) in [7, 11) is 0. The lowest BCUT2D eigenvalue weighted by Crippen LogP contribution is -2.30. The number of fused-ring (bicyclic) bond motifs is 8. The smallest absolute Gasteiger partial charge is 0.0991 e. The number of hydrogen-bond acceptors (Lipinski definition) is 4. The zero-order chi connectivity index (χ0) is 29.6. The molecule has 0 N–H and O–H groups in total. The quantitative estimate of drug-likeness (QED) is 0.204. The molecule has 9 rings (SSSR count). The Morgan fingerprint density at radius 2 is 1.30 bits per heavy atom. The minimum absolute atomic E-state index is 0.0936. The molecule has 0 saturated carbocycles. The van der Waals surface area contributed by atoms with E-state index in [1.54, 1.807) is 0 Å². The molecule has 0 unspecified atom stereocenters. The van der Waals surface area contributed by atoms with E-state index in [0.29, 0.717) is 5.56 Å². The number of nitrogens with zero attached hydrogens (tertiary/aromatic N) is 4. The summed E-state index contributed by atoms with van der Waals surface area (Å²) in [5, 5.41) is 14.1. The predicted octanol–water partition coefficient (Wildman–Crippen LogP) is 10.5. The van der Waals surface area contributed by atoms with Gasteiger partial charge in [-0.25, -0.2) is 0 Å². The van der Waals surface area contributed by atoms with Gasteiger partial charge in [0, 0.05) is 60.1 Å². The summed E-state index contributed by atoms with van der Waals surface area (Å²) >= 11 is 1.83. The number of thiophene rings is 1. The van der Waals surface area contributed by atoms with Gasteiger partial charge in [-0.1, -0.05) is 50.2 Å². The highest BCUT2D eigenvalue weighted by molar-refractivity contribution is 7.25. The first-order valence-electron chi connectivity index (χ1n) is 14.8. The highest BCUT2D eigenvalue weighted by atomic mass is 32.1. The highest BCUT2D eigenvalue weighted by Gasteiger charge is 2.36. The number of benzene rings is 5. The van der Waals surface area contributed by atoms with Gasteiger partial charge in [0.05, 0.1) is 34.0 Å². The fourth-order valence-electron chi connectivity index (χ4n) is 7.19. The van der Waals surface area contributed by atoms with Gasteiger partial charge in [0.25, 0.3) is 0 Å². The average Bonchev–Trinajstić information content (AvgIpc) is 3.59. The molecule has 0 fully saturated rings. The first-order valence-corrected chi connectivity index (χ1v) is 15.6. The first kappa shape index (κ1) is 25.1. The molecule has 3 aromatic heterocycles. The van der Waals surface area contributed by atoms with E-state index in [1.807, 2.05) is 35.9 Å². The van der Waals surface area contributed by atoms with Crippen molar-refractivity contribution in [3.05, 3.63) is 138 Å². The average molecular weight is 583 g/mol. The minimum Gasteiger partial charge on any atom is -0.310 e. The van der Waals surface area contributed by atoms with E-state index in [9.17, 15) is 5.26 Å². The second-order valence-electron chi connectivity index (χ2n) is 12.0. The maximum Gasteiger partial charge on any atom is 0.0991 e. The molecule has 208 valence electrons. The summed E-state index contributed by atoms with van der Waals surface area (Å²) in [6.45, 7) is 4.65. The number of pyridine rings is 1. The zero-order valence-electron chi connectivity index (χ0n) is 24.2. The number of aromatic nitrogens is 2. The van der Waals surface area contributed by atoms with Gasteiger partial charge in [0.2, 0.25) is 0 Å². The molecule has 0 radical (unpaired) electrons. The Morgan fingerprint density at radius 3 is 2.00 bits per heavy atom. The fourth-order valence-corrected chi connectivity index (χ4v) is 8.26. The summed E-state index contributed by atoms with van der Waals surface area (Å²) in [6.07, 6.45) is 3.74. The molecule has 0 atom stereocenters. The molecule has 0 bridgehead atoms. The maximum absolute atomic E-state index is 9.56. The Labute approximate surface area is 258 Å². The molecule has 8 aromatic rings. The van der Waals surface area contributed by atoms with Crippen LogP contribution in [-0.4, -0.2) is 9.55 Å². The van der Waals surface area contributed by atoms with Crippen LogP contribution < -0.4 is 4.90 Å². The van der Waals surface area contributed by atoms with Crippen molar-refractivity contribution in [3.63, 3.8) is 0 Å². The normalized spacial score (nSPS) is 13.8. The second kappa shape index (κ2) is 9.03. The fraction of sp³-hybridized carbons (Fsp3) is 0.0769. The Kier molecular flexibility index (Phi) is 5.15. The van der Waals surface area contributed by atoms with Gasteiger partial charge >= 0.3 is 0 Å². The third-order valence-electron chi connectivity index (χ3n) is 9.29. The monoisotopic (exact) mass is 582 g/mol. The number of anilines is 3. The van der Waals surface area contributed by atoms with Crippen molar-refractivity contribution in [2.24, 2.45) is 0 Å². The van der Waals surface area contributed by atoms with E-state index < -0.39 is 0 Å². The van der Waals surface area contributed by atoms with E-state index in [1.165, 1.54) is 42.7 Å². The Balaban J connectivity index is 1.27. The van der Waals surface area contributed by atoms with Gasteiger partial charge in [-0.05, 0) is 83.9 Å². The third-order valence-corrected chi connectivity index (χ3v) is 10.4. The van der Waals surface area contributed by atoms with E-state index in [0.717, 1.165) is 33.2 Å². The summed E-state index contributed by atoms with van der Waals surface area (Å²) in [6, 6.07) is 41.5. The minimum atomic E-state index is -0.0936. The van der Waals surface area contributed by atoms with Gasteiger partial charge in [0.1, 0.15) is 0 Å². The van der Waals surface area contributed by atoms with E-state index in [2.05, 4.69) is 131 Å². The van der Waals surface area contributed by atoms with Crippen LogP contribution in [0.25, 0.3) is 47.7 Å². The molecule has 0 aliphatic carbocycles. The number of hydrogen-bond donors (Lipinski definition) is 0. The number of nitriles is 1. The first-order chi connectivity index (χ1) is 21.5. The van der Waals surface area contributed by atoms with Crippen LogP contribution in [0.15, 0.2) is 122 Å². The van der Waals surface area contributed by atoms with E-state index in [4.69, 9.17) is 0 Å². The van der Waals surface area contributed by atoms with Gasteiger partial charge in [-0.3, -0.25) is 4.98 Å². The number of rotatable bonds is 2. The lowest BCUT2D eigenvalue weighted by molar-refractivity contribution is 0.632.